The summed E-state index contributed by atoms with van der Waals surface area (Å²) in [5.74, 6) is -2.07. The lowest BCUT2D eigenvalue weighted by molar-refractivity contribution is -0.148. The third kappa shape index (κ3) is 4.96. The number of rotatable bonds is 6. The van der Waals surface area contributed by atoms with Crippen molar-refractivity contribution >= 4 is 33.2 Å². The van der Waals surface area contributed by atoms with E-state index in [2.05, 4.69) is 16.6 Å². The molecule has 232 valence electrons. The maximum Gasteiger partial charge on any atom is 0.255 e. The van der Waals surface area contributed by atoms with Crippen LogP contribution in [0.25, 0.3) is 0 Å². The Morgan fingerprint density at radius 3 is 2.35 bits per heavy atom. The first-order valence-electron chi connectivity index (χ1n) is 13.6. The van der Waals surface area contributed by atoms with E-state index in [9.17, 15) is 43.2 Å². The Balaban J connectivity index is 1.88. The zero-order valence-corrected chi connectivity index (χ0v) is 25.5. The second-order valence-electron chi connectivity index (χ2n) is 11.7. The van der Waals surface area contributed by atoms with Gasteiger partial charge < -0.3 is 31.1 Å². The van der Waals surface area contributed by atoms with Gasteiger partial charge in [-0.05, 0) is 58.3 Å². The van der Waals surface area contributed by atoms with E-state index in [0.717, 1.165) is 0 Å². The molecule has 3 aliphatic rings. The molecule has 4 rings (SSSR count). The van der Waals surface area contributed by atoms with Crippen molar-refractivity contribution in [2.24, 2.45) is 17.6 Å². The molecule has 4 atom stereocenters. The Morgan fingerprint density at radius 2 is 1.81 bits per heavy atom. The van der Waals surface area contributed by atoms with Crippen LogP contribution in [0.4, 0.5) is 5.69 Å². The molecule has 13 nitrogen and oxygen atoms in total. The number of carbonyl (C=O) groups is 3. The van der Waals surface area contributed by atoms with E-state index in [1.807, 2.05) is 0 Å². The van der Waals surface area contributed by atoms with Crippen LogP contribution in [0.3, 0.4) is 0 Å². The fourth-order valence-corrected chi connectivity index (χ4v) is 6.84. The van der Waals surface area contributed by atoms with E-state index in [1.165, 1.54) is 18.7 Å². The first-order valence-corrected chi connectivity index (χ1v) is 15.1. The summed E-state index contributed by atoms with van der Waals surface area (Å²) in [5, 5.41) is 44.7. The largest absolute Gasteiger partial charge is 0.510 e. The minimum atomic E-state index is -3.58. The molecule has 0 fully saturated rings. The zero-order valence-electron chi connectivity index (χ0n) is 24.7. The lowest BCUT2D eigenvalue weighted by Gasteiger charge is -2.50. The normalized spacial score (nSPS) is 25.3. The number of aromatic hydroxyl groups is 1. The first kappa shape index (κ1) is 32.0. The molecule has 1 amide bonds. The third-order valence-electron chi connectivity index (χ3n) is 8.39. The number of fused-ring (bicyclic) bond motifs is 3. The molecule has 0 saturated heterocycles. The van der Waals surface area contributed by atoms with Crippen LogP contribution in [0.15, 0.2) is 28.7 Å². The van der Waals surface area contributed by atoms with Gasteiger partial charge in [-0.25, -0.2) is 13.1 Å². The lowest BCUT2D eigenvalue weighted by atomic mass is 9.58. The van der Waals surface area contributed by atoms with Gasteiger partial charge in [0.25, 0.3) is 5.91 Å². The summed E-state index contributed by atoms with van der Waals surface area (Å²) in [6, 6.07) is 0.484. The van der Waals surface area contributed by atoms with Crippen molar-refractivity contribution in [2.45, 2.75) is 43.6 Å². The van der Waals surface area contributed by atoms with E-state index in [0.29, 0.717) is 11.3 Å². The molecule has 0 radical (unpaired) electrons. The predicted molar refractivity (Wildman–Crippen MR) is 157 cm³/mol. The number of sulfonamides is 1. The quantitative estimate of drug-likeness (QED) is 0.183. The number of aliphatic hydroxyl groups excluding tert-OH is 2. The number of hydrogen-bond donors (Lipinski definition) is 6. The maximum absolute atomic E-state index is 14.0. The monoisotopic (exact) mass is 616 g/mol. The topological polar surface area (TPSA) is 211 Å². The number of primary amides is 1. The van der Waals surface area contributed by atoms with Crippen LogP contribution in [0, 0.1) is 23.7 Å². The number of benzene rings is 1. The number of amides is 1. The minimum absolute atomic E-state index is 0.0239. The second kappa shape index (κ2) is 11.0. The Morgan fingerprint density at radius 1 is 1.19 bits per heavy atom. The molecule has 1 aromatic carbocycles. The standard InChI is InChI=1S/C29H36N4O9S/c1-13(2)43(41,42)31-9-7-8-14-12-18(32(3)4)16-10-15-11-17-22(33(5)6)25(36)21(28(30)39)27(38)29(17,40)26(37)19(15)24(35)20(16)23(14)34/h12-13,15,17,22,31,34,36-37,40H,9-11H2,1-6H3,(H2,30,39)/t15-,17-,22+,29-/m0/s1. The number of allylic oxidation sites excluding steroid dienone is 1. The minimum Gasteiger partial charge on any atom is -0.510 e. The molecule has 7 N–H and O–H groups in total. The SMILES string of the molecule is CC(C)S(=O)(=O)NCC#Cc1cc(N(C)C)c2c(c1O)C(=O)C1=C(O)[C@]3(O)C(=O)C(C(N)=O)=C(O)[C@H](N(C)C)[C@@H]3C[C@@H]1C2. The molecular weight excluding hydrogens is 580 g/mol. The summed E-state index contributed by atoms with van der Waals surface area (Å²) < 4.78 is 26.4. The smallest absolute Gasteiger partial charge is 0.255 e. The predicted octanol–water partition coefficient (Wildman–Crippen LogP) is -0.134. The molecule has 0 aliphatic heterocycles. The average molecular weight is 617 g/mol. The van der Waals surface area contributed by atoms with E-state index in [4.69, 9.17) is 5.73 Å². The van der Waals surface area contributed by atoms with E-state index in [1.54, 1.807) is 39.2 Å². The first-order chi connectivity index (χ1) is 19.9. The number of phenolic OH excluding ortho intramolecular Hbond substituents is 1. The molecule has 1 aromatic rings. The maximum atomic E-state index is 14.0. The summed E-state index contributed by atoms with van der Waals surface area (Å²) in [4.78, 5) is 42.8. The van der Waals surface area contributed by atoms with Crippen molar-refractivity contribution in [2.75, 3.05) is 39.6 Å². The summed E-state index contributed by atoms with van der Waals surface area (Å²) in [5.41, 5.74) is 2.30. The van der Waals surface area contributed by atoms with Crippen LogP contribution < -0.4 is 15.4 Å². The van der Waals surface area contributed by atoms with Gasteiger partial charge in [-0.15, -0.1) is 0 Å². The van der Waals surface area contributed by atoms with Crippen LogP contribution in [0.1, 0.15) is 41.8 Å². The zero-order chi connectivity index (χ0) is 32.3. The Labute approximate surface area is 249 Å². The van der Waals surface area contributed by atoms with Gasteiger partial charge in [-0.3, -0.25) is 19.3 Å². The third-order valence-corrected chi connectivity index (χ3v) is 10.2. The summed E-state index contributed by atoms with van der Waals surface area (Å²) >= 11 is 0. The molecule has 3 aliphatic carbocycles. The average Bonchev–Trinajstić information content (AvgIpc) is 2.89. The number of phenols is 1. The highest BCUT2D eigenvalue weighted by molar-refractivity contribution is 7.90. The summed E-state index contributed by atoms with van der Waals surface area (Å²) in [6.45, 7) is 2.77. The molecule has 0 unspecified atom stereocenters. The molecule has 0 saturated carbocycles. The highest BCUT2D eigenvalue weighted by Crippen LogP contribution is 2.53. The van der Waals surface area contributed by atoms with Gasteiger partial charge >= 0.3 is 0 Å². The van der Waals surface area contributed by atoms with Crippen molar-refractivity contribution in [3.05, 3.63) is 45.4 Å². The van der Waals surface area contributed by atoms with Gasteiger partial charge in [0.1, 0.15) is 22.8 Å². The molecular formula is C29H36N4O9S. The van der Waals surface area contributed by atoms with Gasteiger partial charge in [-0.1, -0.05) is 11.8 Å². The number of likely N-dealkylation sites (N-methyl/N-ethyl adjacent to an activating group) is 1. The molecule has 0 spiro atoms. The van der Waals surface area contributed by atoms with E-state index >= 15 is 0 Å². The van der Waals surface area contributed by atoms with E-state index in [-0.39, 0.29) is 36.1 Å². The molecule has 43 heavy (non-hydrogen) atoms. The molecule has 14 heteroatoms. The van der Waals surface area contributed by atoms with Crippen molar-refractivity contribution in [1.82, 2.24) is 9.62 Å². The fourth-order valence-electron chi connectivity index (χ4n) is 6.24. The lowest BCUT2D eigenvalue weighted by Crippen LogP contribution is -2.63. The highest BCUT2D eigenvalue weighted by Gasteiger charge is 2.63. The van der Waals surface area contributed by atoms with Crippen molar-refractivity contribution in [1.29, 1.82) is 0 Å². The van der Waals surface area contributed by atoms with Crippen molar-refractivity contribution < 1.29 is 43.2 Å². The number of nitrogens with one attached hydrogen (secondary N) is 1. The Kier molecular flexibility index (Phi) is 8.18. The van der Waals surface area contributed by atoms with Gasteiger partial charge in [0.05, 0.1) is 29.0 Å². The molecule has 0 bridgehead atoms. The number of hydrogen-bond acceptors (Lipinski definition) is 11. The van der Waals surface area contributed by atoms with Gasteiger partial charge in [0, 0.05) is 31.3 Å². The van der Waals surface area contributed by atoms with Crippen LogP contribution in [0.5, 0.6) is 5.75 Å². The van der Waals surface area contributed by atoms with Crippen LogP contribution >= 0.6 is 0 Å². The van der Waals surface area contributed by atoms with Gasteiger partial charge in [0.2, 0.25) is 15.8 Å². The van der Waals surface area contributed by atoms with Crippen molar-refractivity contribution in [3.63, 3.8) is 0 Å². The fraction of sp³-hybridized carbons (Fsp3) is 0.483. The van der Waals surface area contributed by atoms with E-state index < -0.39 is 79.1 Å². The Bertz CT molecular complexity index is 1660. The number of aliphatic hydroxyl groups is 3. The number of nitrogens with two attached hydrogens (primary N) is 1. The van der Waals surface area contributed by atoms with Crippen LogP contribution in [0.2, 0.25) is 0 Å². The number of carbonyl (C=O) groups excluding carboxylic acids is 3. The second-order valence-corrected chi connectivity index (χ2v) is 14.0. The number of Topliss-reactive ketones (excluding diaryl/α,β-unsaturated/α-hetero) is 2. The summed E-state index contributed by atoms with van der Waals surface area (Å²) in [7, 11) is 2.99. The number of anilines is 1. The Hall–Kier alpha value is -3.90. The highest BCUT2D eigenvalue weighted by atomic mass is 32.2. The van der Waals surface area contributed by atoms with Crippen LogP contribution in [-0.2, 0) is 26.0 Å². The number of nitrogens with zero attached hydrogens (tertiary/aromatic N) is 2. The van der Waals surface area contributed by atoms with Gasteiger partial charge in [-0.2, -0.15) is 0 Å². The van der Waals surface area contributed by atoms with Crippen molar-refractivity contribution in [3.8, 4) is 17.6 Å². The molecule has 0 heterocycles. The molecule has 0 aromatic heterocycles. The van der Waals surface area contributed by atoms with Crippen LogP contribution in [-0.4, -0.2) is 103 Å². The summed E-state index contributed by atoms with van der Waals surface area (Å²) in [6.07, 6.45) is 0.0917. The number of ketones is 2. The van der Waals surface area contributed by atoms with Gasteiger partial charge in [0.15, 0.2) is 11.4 Å².